The summed E-state index contributed by atoms with van der Waals surface area (Å²) < 4.78 is 16.9. The molecule has 0 bridgehead atoms. The van der Waals surface area contributed by atoms with Crippen molar-refractivity contribution in [1.82, 2.24) is 10.2 Å². The van der Waals surface area contributed by atoms with Crippen molar-refractivity contribution in [3.8, 4) is 11.5 Å². The molecule has 0 saturated carbocycles. The number of benzene rings is 1. The number of carboxylic acids is 2. The SMILES string of the molecule is O=C(O)C=CC(=O)O.O=C1NCC2(CCN(CC(O)C3COc4ccccc4O3)CC2)O1. The van der Waals surface area contributed by atoms with Gasteiger partial charge >= 0.3 is 18.0 Å². The minimum absolute atomic E-state index is 0.324. The summed E-state index contributed by atoms with van der Waals surface area (Å²) in [6.45, 7) is 3.02. The van der Waals surface area contributed by atoms with Crippen LogP contribution in [-0.2, 0) is 14.3 Å². The Morgan fingerprint density at radius 2 is 1.78 bits per heavy atom. The highest BCUT2D eigenvalue weighted by Crippen LogP contribution is 2.32. The third kappa shape index (κ3) is 6.34. The van der Waals surface area contributed by atoms with E-state index in [1.165, 1.54) is 0 Å². The van der Waals surface area contributed by atoms with Crippen LogP contribution in [0.3, 0.4) is 0 Å². The van der Waals surface area contributed by atoms with E-state index in [1.54, 1.807) is 0 Å². The quantitative estimate of drug-likeness (QED) is 0.465. The van der Waals surface area contributed by atoms with Gasteiger partial charge in [0.25, 0.3) is 0 Å². The van der Waals surface area contributed by atoms with Crippen molar-refractivity contribution in [3.63, 3.8) is 0 Å². The predicted octanol–water partition coefficient (Wildman–Crippen LogP) is 0.474. The molecule has 1 aromatic rings. The maximum atomic E-state index is 11.3. The number of amides is 1. The number of β-amino-alcohol motifs (C(OH)–C–C–N with tert-alkyl or cyclic N) is 1. The molecule has 11 heteroatoms. The van der Waals surface area contributed by atoms with Gasteiger partial charge in [0.15, 0.2) is 17.6 Å². The average Bonchev–Trinajstić information content (AvgIpc) is 3.14. The Morgan fingerprint density at radius 3 is 2.34 bits per heavy atom. The van der Waals surface area contributed by atoms with Gasteiger partial charge in [-0.25, -0.2) is 14.4 Å². The second kappa shape index (κ2) is 10.3. The number of piperidine rings is 1. The Labute approximate surface area is 184 Å². The van der Waals surface area contributed by atoms with Crippen LogP contribution in [-0.4, -0.2) is 88.8 Å². The zero-order valence-corrected chi connectivity index (χ0v) is 17.3. The average molecular weight is 450 g/mol. The number of carbonyl (C=O) groups excluding carboxylic acids is 1. The van der Waals surface area contributed by atoms with E-state index in [1.807, 2.05) is 24.3 Å². The summed E-state index contributed by atoms with van der Waals surface area (Å²) >= 11 is 0. The van der Waals surface area contributed by atoms with Gasteiger partial charge in [-0.05, 0) is 12.1 Å². The number of fused-ring (bicyclic) bond motifs is 1. The second-order valence-corrected chi connectivity index (χ2v) is 7.72. The number of hydrogen-bond donors (Lipinski definition) is 4. The number of nitrogens with one attached hydrogen (secondary N) is 1. The minimum Gasteiger partial charge on any atom is -0.486 e. The first-order chi connectivity index (χ1) is 15.3. The molecule has 0 radical (unpaired) electrons. The first kappa shape index (κ1) is 23.4. The molecule has 1 spiro atoms. The number of ether oxygens (including phenoxy) is 3. The van der Waals surface area contributed by atoms with Crippen molar-refractivity contribution in [3.05, 3.63) is 36.4 Å². The third-order valence-corrected chi connectivity index (χ3v) is 5.40. The van der Waals surface area contributed by atoms with Gasteiger partial charge in [0, 0.05) is 44.6 Å². The lowest BCUT2D eigenvalue weighted by molar-refractivity contribution is -0.134. The van der Waals surface area contributed by atoms with Crippen LogP contribution < -0.4 is 14.8 Å². The molecule has 3 heterocycles. The number of likely N-dealkylation sites (tertiary alicyclic amines) is 1. The van der Waals surface area contributed by atoms with Crippen LogP contribution in [0.15, 0.2) is 36.4 Å². The van der Waals surface area contributed by atoms with Crippen molar-refractivity contribution in [1.29, 1.82) is 0 Å². The second-order valence-electron chi connectivity index (χ2n) is 7.72. The van der Waals surface area contributed by atoms with Gasteiger partial charge in [-0.15, -0.1) is 0 Å². The molecule has 1 amide bonds. The summed E-state index contributed by atoms with van der Waals surface area (Å²) in [5.41, 5.74) is -0.359. The van der Waals surface area contributed by atoms with E-state index in [-0.39, 0.29) is 17.8 Å². The van der Waals surface area contributed by atoms with Crippen LogP contribution in [0, 0.1) is 0 Å². The first-order valence-electron chi connectivity index (χ1n) is 10.2. The van der Waals surface area contributed by atoms with E-state index in [2.05, 4.69) is 10.2 Å². The number of carbonyl (C=O) groups is 3. The van der Waals surface area contributed by atoms with Crippen LogP contribution in [0.1, 0.15) is 12.8 Å². The van der Waals surface area contributed by atoms with Crippen molar-refractivity contribution in [2.75, 3.05) is 32.8 Å². The monoisotopic (exact) mass is 450 g/mol. The maximum absolute atomic E-state index is 11.3. The maximum Gasteiger partial charge on any atom is 0.407 e. The number of alkyl carbamates (subject to hydrolysis) is 1. The van der Waals surface area contributed by atoms with Crippen molar-refractivity contribution in [2.24, 2.45) is 0 Å². The highest BCUT2D eigenvalue weighted by Gasteiger charge is 2.43. The largest absolute Gasteiger partial charge is 0.486 e. The van der Waals surface area contributed by atoms with Gasteiger partial charge in [-0.2, -0.15) is 0 Å². The number of aliphatic hydroxyl groups excluding tert-OH is 1. The van der Waals surface area contributed by atoms with E-state index < -0.39 is 18.0 Å². The molecule has 4 rings (SSSR count). The molecule has 2 fully saturated rings. The highest BCUT2D eigenvalue weighted by molar-refractivity contribution is 5.89. The fourth-order valence-electron chi connectivity index (χ4n) is 3.67. The zero-order valence-electron chi connectivity index (χ0n) is 17.3. The van der Waals surface area contributed by atoms with Crippen LogP contribution in [0.4, 0.5) is 4.79 Å². The summed E-state index contributed by atoms with van der Waals surface area (Å²) in [5, 5.41) is 28.9. The van der Waals surface area contributed by atoms with Gasteiger partial charge in [0.05, 0.1) is 6.54 Å². The lowest BCUT2D eigenvalue weighted by Gasteiger charge is -2.39. The van der Waals surface area contributed by atoms with Crippen LogP contribution >= 0.6 is 0 Å². The van der Waals surface area contributed by atoms with Gasteiger partial charge in [0.1, 0.15) is 18.3 Å². The number of aliphatic carboxylic acids is 2. The number of para-hydroxylation sites is 2. The van der Waals surface area contributed by atoms with Crippen LogP contribution in [0.5, 0.6) is 11.5 Å². The Hall–Kier alpha value is -3.31. The molecule has 2 saturated heterocycles. The topological polar surface area (TPSA) is 155 Å². The number of hydrogen-bond acceptors (Lipinski definition) is 8. The Morgan fingerprint density at radius 1 is 1.16 bits per heavy atom. The number of carboxylic acid groups (broad SMARTS) is 2. The molecule has 4 N–H and O–H groups in total. The van der Waals surface area contributed by atoms with Gasteiger partial charge in [0.2, 0.25) is 0 Å². The number of nitrogens with zero attached hydrogens (tertiary/aromatic N) is 1. The van der Waals surface area contributed by atoms with E-state index >= 15 is 0 Å². The standard InChI is InChI=1S/C17H22N2O5.C4H4O4/c20-12(15-10-22-13-3-1-2-4-14(13)23-15)9-19-7-5-17(6-8-19)11-18-16(21)24-17;5-3(6)1-2-4(7)8/h1-4,12,15,20H,5-11H2,(H,18,21);1-2H,(H,5,6)(H,7,8). The highest BCUT2D eigenvalue weighted by atomic mass is 16.6. The van der Waals surface area contributed by atoms with E-state index in [0.717, 1.165) is 31.7 Å². The number of aliphatic hydroxyl groups is 1. The molecule has 174 valence electrons. The molecular formula is C21H26N2O9. The molecule has 0 aromatic heterocycles. The van der Waals surface area contributed by atoms with Crippen molar-refractivity contribution in [2.45, 2.75) is 30.7 Å². The Bertz CT molecular complexity index is 849. The Balaban J connectivity index is 0.000000312. The van der Waals surface area contributed by atoms with Crippen LogP contribution in [0.25, 0.3) is 0 Å². The van der Waals surface area contributed by atoms with E-state index in [0.29, 0.717) is 37.6 Å². The molecule has 3 aliphatic rings. The molecular weight excluding hydrogens is 424 g/mol. The van der Waals surface area contributed by atoms with Crippen molar-refractivity contribution >= 4 is 18.0 Å². The molecule has 1 aromatic carbocycles. The molecule has 3 aliphatic heterocycles. The first-order valence-corrected chi connectivity index (χ1v) is 10.2. The Kier molecular flexibility index (Phi) is 7.54. The van der Waals surface area contributed by atoms with E-state index in [9.17, 15) is 19.5 Å². The summed E-state index contributed by atoms with van der Waals surface area (Å²) in [5.74, 6) is -1.12. The van der Waals surface area contributed by atoms with E-state index in [4.69, 9.17) is 24.4 Å². The zero-order chi connectivity index (χ0) is 23.1. The molecule has 2 unspecified atom stereocenters. The third-order valence-electron chi connectivity index (χ3n) is 5.40. The lowest BCUT2D eigenvalue weighted by atomic mass is 9.91. The van der Waals surface area contributed by atoms with Crippen molar-refractivity contribution < 1.29 is 43.9 Å². The fourth-order valence-corrected chi connectivity index (χ4v) is 3.67. The summed E-state index contributed by atoms with van der Waals surface area (Å²) in [7, 11) is 0. The molecule has 11 nitrogen and oxygen atoms in total. The molecule has 32 heavy (non-hydrogen) atoms. The molecule has 2 atom stereocenters. The van der Waals surface area contributed by atoms with Gasteiger partial charge < -0.3 is 39.7 Å². The number of rotatable bonds is 5. The smallest absolute Gasteiger partial charge is 0.407 e. The normalized spacial score (nSPS) is 22.4. The summed E-state index contributed by atoms with van der Waals surface area (Å²) in [4.78, 5) is 32.6. The van der Waals surface area contributed by atoms with Crippen LogP contribution in [0.2, 0.25) is 0 Å². The van der Waals surface area contributed by atoms with Gasteiger partial charge in [-0.3, -0.25) is 0 Å². The summed E-state index contributed by atoms with van der Waals surface area (Å²) in [6.07, 6.45) is 1.35. The van der Waals surface area contributed by atoms with Gasteiger partial charge in [-0.1, -0.05) is 12.1 Å². The predicted molar refractivity (Wildman–Crippen MR) is 110 cm³/mol. The minimum atomic E-state index is -1.26. The molecule has 0 aliphatic carbocycles. The lowest BCUT2D eigenvalue weighted by Crippen LogP contribution is -2.51. The summed E-state index contributed by atoms with van der Waals surface area (Å²) in [6, 6.07) is 7.49. The fraction of sp³-hybridized carbons (Fsp3) is 0.476.